The topological polar surface area (TPSA) is 44.9 Å². The Morgan fingerprint density at radius 3 is 2.22 bits per heavy atom. The van der Waals surface area contributed by atoms with Gasteiger partial charge in [0.1, 0.15) is 11.5 Å². The second-order valence-electron chi connectivity index (χ2n) is 11.0. The minimum atomic E-state index is 0.0196. The summed E-state index contributed by atoms with van der Waals surface area (Å²) in [5.74, 6) is 0.623. The van der Waals surface area contributed by atoms with E-state index in [1.54, 1.807) is 17.4 Å². The van der Waals surface area contributed by atoms with Gasteiger partial charge in [-0.15, -0.1) is 11.3 Å². The molecule has 0 bridgehead atoms. The van der Waals surface area contributed by atoms with E-state index in [9.17, 15) is 10.2 Å². The number of hydrogen-bond acceptors (Lipinski definition) is 3. The van der Waals surface area contributed by atoms with E-state index in [4.69, 9.17) is 0 Å². The average molecular weight is 486 g/mol. The number of nitrogens with zero attached hydrogens (tertiary/aromatic N) is 1. The third-order valence-electron chi connectivity index (χ3n) is 7.83. The third-order valence-corrected chi connectivity index (χ3v) is 8.95. The molecule has 0 aliphatic carbocycles. The zero-order chi connectivity index (χ0) is 24.5. The molecule has 0 saturated heterocycles. The number of thiophene rings is 1. The molecule has 174 valence electrons. The summed E-state index contributed by atoms with van der Waals surface area (Å²) in [4.78, 5) is 0. The number of phenolic OH excluding ortho intramolecular Hbond substituents is 2. The maximum Gasteiger partial charge on any atom is 0.125 e. The lowest BCUT2D eigenvalue weighted by Gasteiger charge is -2.19. The van der Waals surface area contributed by atoms with Gasteiger partial charge in [0, 0.05) is 41.7 Å². The van der Waals surface area contributed by atoms with E-state index in [0.717, 1.165) is 31.9 Å². The van der Waals surface area contributed by atoms with Crippen molar-refractivity contribution in [3.05, 3.63) is 78.4 Å². The van der Waals surface area contributed by atoms with Crippen molar-refractivity contribution in [2.24, 2.45) is 0 Å². The van der Waals surface area contributed by atoms with Gasteiger partial charge in [-0.1, -0.05) is 39.0 Å². The number of aromatic hydroxyl groups is 2. The molecule has 0 aliphatic heterocycles. The van der Waals surface area contributed by atoms with Crippen molar-refractivity contribution < 1.29 is 10.2 Å². The van der Waals surface area contributed by atoms with Crippen LogP contribution in [0.25, 0.3) is 69.0 Å². The summed E-state index contributed by atoms with van der Waals surface area (Å²) < 4.78 is 4.65. The van der Waals surface area contributed by atoms with Gasteiger partial charge in [-0.05, 0) is 71.0 Å². The average Bonchev–Trinajstić information content (AvgIpc) is 3.47. The Hall–Kier alpha value is -4.02. The zero-order valence-corrected chi connectivity index (χ0v) is 21.0. The van der Waals surface area contributed by atoms with Crippen LogP contribution in [0.3, 0.4) is 0 Å². The van der Waals surface area contributed by atoms with Crippen LogP contribution in [0.5, 0.6) is 11.5 Å². The van der Waals surface area contributed by atoms with Crippen molar-refractivity contribution in [1.29, 1.82) is 0 Å². The minimum absolute atomic E-state index is 0.0196. The summed E-state index contributed by atoms with van der Waals surface area (Å²) >= 11 is 1.72. The highest BCUT2D eigenvalue weighted by molar-refractivity contribution is 7.25. The fourth-order valence-electron chi connectivity index (χ4n) is 6.07. The van der Waals surface area contributed by atoms with Crippen LogP contribution in [-0.2, 0) is 5.41 Å². The first-order chi connectivity index (χ1) is 17.3. The number of hydrogen-bond donors (Lipinski definition) is 2. The lowest BCUT2D eigenvalue weighted by Crippen LogP contribution is -2.10. The molecule has 0 saturated carbocycles. The first-order valence-electron chi connectivity index (χ1n) is 12.2. The molecule has 4 heteroatoms. The van der Waals surface area contributed by atoms with Crippen LogP contribution in [0.4, 0.5) is 0 Å². The monoisotopic (exact) mass is 485 g/mol. The van der Waals surface area contributed by atoms with Gasteiger partial charge in [0.25, 0.3) is 0 Å². The summed E-state index contributed by atoms with van der Waals surface area (Å²) in [7, 11) is 0. The van der Waals surface area contributed by atoms with Gasteiger partial charge in [-0.3, -0.25) is 0 Å². The molecule has 2 N–H and O–H groups in total. The smallest absolute Gasteiger partial charge is 0.125 e. The summed E-state index contributed by atoms with van der Waals surface area (Å²) in [6, 6.07) is 25.2. The Bertz CT molecular complexity index is 2210. The van der Waals surface area contributed by atoms with Gasteiger partial charge >= 0.3 is 0 Å². The predicted molar refractivity (Wildman–Crippen MR) is 154 cm³/mol. The Kier molecular flexibility index (Phi) is 3.59. The molecule has 0 atom stereocenters. The molecule has 0 unspecified atom stereocenters. The lowest BCUT2D eigenvalue weighted by atomic mass is 9.86. The second kappa shape index (κ2) is 6.40. The first kappa shape index (κ1) is 20.2. The summed E-state index contributed by atoms with van der Waals surface area (Å²) in [6.07, 6.45) is 0. The van der Waals surface area contributed by atoms with Crippen LogP contribution in [0.2, 0.25) is 0 Å². The number of aromatic nitrogens is 1. The normalized spacial score (nSPS) is 13.1. The van der Waals surface area contributed by atoms with Crippen molar-refractivity contribution in [2.45, 2.75) is 26.2 Å². The molecular formula is C32H23NO2S. The first-order valence-corrected chi connectivity index (χ1v) is 13.0. The predicted octanol–water partition coefficient (Wildman–Crippen LogP) is 9.07. The van der Waals surface area contributed by atoms with Crippen molar-refractivity contribution in [3.63, 3.8) is 0 Å². The van der Waals surface area contributed by atoms with E-state index in [1.807, 2.05) is 18.2 Å². The van der Waals surface area contributed by atoms with Crippen LogP contribution in [0.15, 0.2) is 72.8 Å². The summed E-state index contributed by atoms with van der Waals surface area (Å²) in [6.45, 7) is 6.68. The minimum Gasteiger partial charge on any atom is -0.508 e. The molecule has 8 aromatic rings. The van der Waals surface area contributed by atoms with E-state index < -0.39 is 0 Å². The van der Waals surface area contributed by atoms with E-state index >= 15 is 0 Å². The van der Waals surface area contributed by atoms with E-state index in [1.165, 1.54) is 42.7 Å². The SMILES string of the molecule is CC(C)(C)c1ccc2c(c1)c1c(O)ccc3c4ccc5cc6c(cc5c4n2c31)sc1cc(O)ccc16. The van der Waals surface area contributed by atoms with Gasteiger partial charge in [0.05, 0.1) is 21.9 Å². The fraction of sp³-hybridized carbons (Fsp3) is 0.125. The molecule has 0 amide bonds. The number of phenols is 2. The van der Waals surface area contributed by atoms with Crippen molar-refractivity contribution in [2.75, 3.05) is 0 Å². The highest BCUT2D eigenvalue weighted by Gasteiger charge is 2.23. The Morgan fingerprint density at radius 2 is 1.39 bits per heavy atom. The van der Waals surface area contributed by atoms with Crippen LogP contribution in [0.1, 0.15) is 26.3 Å². The van der Waals surface area contributed by atoms with Crippen LogP contribution < -0.4 is 0 Å². The van der Waals surface area contributed by atoms with Gasteiger partial charge in [-0.2, -0.15) is 0 Å². The van der Waals surface area contributed by atoms with E-state index in [0.29, 0.717) is 11.5 Å². The van der Waals surface area contributed by atoms with Gasteiger partial charge in [-0.25, -0.2) is 0 Å². The number of fused-ring (bicyclic) bond motifs is 11. The maximum absolute atomic E-state index is 11.0. The van der Waals surface area contributed by atoms with Crippen LogP contribution in [0, 0.1) is 0 Å². The van der Waals surface area contributed by atoms with Crippen molar-refractivity contribution in [3.8, 4) is 11.5 Å². The number of rotatable bonds is 0. The summed E-state index contributed by atoms with van der Waals surface area (Å²) in [5.41, 5.74) is 4.66. The molecule has 0 spiro atoms. The molecule has 3 nitrogen and oxygen atoms in total. The molecule has 5 aromatic carbocycles. The van der Waals surface area contributed by atoms with Gasteiger partial charge in [0.2, 0.25) is 0 Å². The van der Waals surface area contributed by atoms with Gasteiger partial charge < -0.3 is 14.6 Å². The van der Waals surface area contributed by atoms with Crippen LogP contribution >= 0.6 is 11.3 Å². The quantitative estimate of drug-likeness (QED) is 0.225. The third kappa shape index (κ3) is 2.42. The largest absolute Gasteiger partial charge is 0.508 e. The van der Waals surface area contributed by atoms with E-state index in [-0.39, 0.29) is 5.41 Å². The fourth-order valence-corrected chi connectivity index (χ4v) is 7.23. The molecule has 3 aromatic heterocycles. The van der Waals surface area contributed by atoms with Crippen molar-refractivity contribution >= 4 is 80.4 Å². The Morgan fingerprint density at radius 1 is 0.639 bits per heavy atom. The molecule has 0 aliphatic rings. The summed E-state index contributed by atoms with van der Waals surface area (Å²) in [5, 5.41) is 30.2. The Balaban J connectivity index is 1.60. The highest BCUT2D eigenvalue weighted by Crippen LogP contribution is 2.46. The van der Waals surface area contributed by atoms with Crippen molar-refractivity contribution in [1.82, 2.24) is 4.40 Å². The zero-order valence-electron chi connectivity index (χ0n) is 20.2. The molecule has 3 heterocycles. The molecular weight excluding hydrogens is 462 g/mol. The standard InChI is InChI=1S/C32H23NO2S/c1-32(2,3)17-5-10-25-24(13-17)29-26(35)11-9-21-20-7-4-16-12-23-19-8-6-18(34)14-27(19)36-28(23)15-22(16)30(20)33(25)31(21)29/h4-15,34-35H,1-3H3. The maximum atomic E-state index is 11.0. The second-order valence-corrected chi connectivity index (χ2v) is 12.1. The van der Waals surface area contributed by atoms with E-state index in [2.05, 4.69) is 73.7 Å². The lowest BCUT2D eigenvalue weighted by molar-refractivity contribution is 0.476. The molecule has 0 radical (unpaired) electrons. The number of benzene rings is 5. The molecule has 36 heavy (non-hydrogen) atoms. The molecule has 0 fully saturated rings. The molecule has 8 rings (SSSR count). The highest BCUT2D eigenvalue weighted by atomic mass is 32.1. The van der Waals surface area contributed by atoms with Gasteiger partial charge in [0.15, 0.2) is 0 Å². The Labute approximate surface area is 210 Å². The van der Waals surface area contributed by atoms with Crippen LogP contribution in [-0.4, -0.2) is 14.6 Å².